The van der Waals surface area contributed by atoms with E-state index in [-0.39, 0.29) is 68.1 Å². The van der Waals surface area contributed by atoms with E-state index in [1.807, 2.05) is 39.8 Å². The summed E-state index contributed by atoms with van der Waals surface area (Å²) in [5, 5.41) is 26.8. The maximum atomic E-state index is 14.5. The molecule has 0 radical (unpaired) electrons. The Morgan fingerprint density at radius 2 is 1.57 bits per heavy atom. The number of fused-ring (bicyclic) bond motifs is 3. The molecule has 3 aliphatic heterocycles. The molecular weight excluding hydrogens is 877 g/mol. The summed E-state index contributed by atoms with van der Waals surface area (Å²) >= 11 is 0. The molecule has 2 amide bonds. The number of cyclic esters (lactones) is 1. The average molecular weight is 955 g/mol. The maximum Gasteiger partial charge on any atom is 0.329 e. The molecule has 0 aromatic heterocycles. The van der Waals surface area contributed by atoms with Gasteiger partial charge in [-0.25, -0.2) is 4.79 Å². The fourth-order valence-electron chi connectivity index (χ4n) is 10.6. The number of Topliss-reactive ketones (excluding diaryl/α,β-unsaturated/α-hetero) is 2. The van der Waals surface area contributed by atoms with Crippen molar-refractivity contribution >= 4 is 35.0 Å². The summed E-state index contributed by atoms with van der Waals surface area (Å²) in [5.41, 5.74) is 2.23. The van der Waals surface area contributed by atoms with Gasteiger partial charge in [-0.1, -0.05) is 45.4 Å². The molecule has 68 heavy (non-hydrogen) atoms. The number of nitrogens with zero attached hydrogens (tertiary/aromatic N) is 1. The molecule has 380 valence electrons. The largest absolute Gasteiger partial charge is 0.497 e. The monoisotopic (exact) mass is 955 g/mol. The van der Waals surface area contributed by atoms with E-state index in [1.54, 1.807) is 52.3 Å². The molecule has 1 saturated carbocycles. The predicted octanol–water partition coefficient (Wildman–Crippen LogP) is 6.14. The summed E-state index contributed by atoms with van der Waals surface area (Å²) in [7, 11) is 6.22. The Bertz CT molecular complexity index is 1940. The number of anilines is 1. The SMILES string of the molecule is CC[C@@H]1/C=C(\C)C[C@H](C)C[C@H](OC)[C@H]2O[C@@](O)(C(=O)C(=O)N3CCCC[C@H]3C(=O)O[C@H](/C(C)=C/[C@@H]3CC[C@@H](OCC(=O)Nc4ccc(OC)cc4)[C@H](OC)C3)[C@H](C)[C@@H](O)CC1=O)[C@H](C)C[C@@H]2OC. The third kappa shape index (κ3) is 13.6. The van der Waals surface area contributed by atoms with E-state index in [0.717, 1.165) is 5.57 Å². The van der Waals surface area contributed by atoms with Crippen LogP contribution in [0.15, 0.2) is 47.6 Å². The molecule has 3 fully saturated rings. The molecule has 16 nitrogen and oxygen atoms in total. The molecule has 4 aliphatic rings. The number of allylic oxidation sites excluding steroid dienone is 3. The van der Waals surface area contributed by atoms with Crippen LogP contribution >= 0.6 is 0 Å². The van der Waals surface area contributed by atoms with E-state index in [4.69, 9.17) is 33.2 Å². The molecule has 1 aromatic rings. The Kier molecular flexibility index (Phi) is 20.3. The van der Waals surface area contributed by atoms with Gasteiger partial charge < -0.3 is 53.6 Å². The first kappa shape index (κ1) is 54.9. The van der Waals surface area contributed by atoms with E-state index in [1.165, 1.54) is 19.1 Å². The molecule has 3 heterocycles. The van der Waals surface area contributed by atoms with Gasteiger partial charge in [0.25, 0.3) is 11.7 Å². The van der Waals surface area contributed by atoms with Gasteiger partial charge in [-0.3, -0.25) is 19.2 Å². The minimum absolute atomic E-state index is 0.0150. The first-order valence-corrected chi connectivity index (χ1v) is 24.5. The van der Waals surface area contributed by atoms with Gasteiger partial charge in [0.15, 0.2) is 0 Å². The fraction of sp³-hybridized carbons (Fsp3) is 0.712. The molecule has 0 unspecified atom stereocenters. The Hall–Kier alpha value is -4.03. The van der Waals surface area contributed by atoms with Gasteiger partial charge in [-0.2, -0.15) is 0 Å². The van der Waals surface area contributed by atoms with Crippen molar-refractivity contribution in [3.8, 4) is 5.75 Å². The van der Waals surface area contributed by atoms with Gasteiger partial charge in [0.1, 0.15) is 36.4 Å². The predicted molar refractivity (Wildman–Crippen MR) is 253 cm³/mol. The van der Waals surface area contributed by atoms with Crippen molar-refractivity contribution < 1.29 is 67.3 Å². The quantitative estimate of drug-likeness (QED) is 0.129. The Labute approximate surface area is 402 Å². The van der Waals surface area contributed by atoms with Crippen LogP contribution in [-0.4, -0.2) is 141 Å². The standard InChI is InChI=1S/C52H78N2O14/c1-11-36-23-30(2)22-31(3)24-44(64-9)48-45(65-10)26-33(5)52(61,68-48)49(58)50(59)54-21-13-12-14-39(54)51(60)67-47(34(6)40(55)28-41(36)56)32(4)25-35-15-20-42(43(27-35)63-8)66-29-46(57)53-37-16-18-38(62-7)19-17-37/h16-19,23,25,31,33-36,39-40,42-45,47-48,55,61H,11-15,20-22,24,26-29H2,1-10H3,(H,53,57)/b30-23+,32-25+/t31-,33+,34+,35-,36+,39-,40-,42+,43+,44-,45-,47+,48+,52+/m0/s1. The highest BCUT2D eigenvalue weighted by Gasteiger charge is 2.56. The van der Waals surface area contributed by atoms with Crippen LogP contribution < -0.4 is 10.1 Å². The van der Waals surface area contributed by atoms with Gasteiger partial charge in [-0.15, -0.1) is 0 Å². The molecule has 2 bridgehead atoms. The number of ether oxygens (including phenoxy) is 7. The third-order valence-corrected chi connectivity index (χ3v) is 14.7. The number of benzene rings is 1. The van der Waals surface area contributed by atoms with Crippen molar-refractivity contribution in [3.05, 3.63) is 47.6 Å². The number of hydrogen-bond acceptors (Lipinski definition) is 14. The summed E-state index contributed by atoms with van der Waals surface area (Å²) in [5.74, 6) is -7.42. The lowest BCUT2D eigenvalue weighted by Gasteiger charge is -2.47. The van der Waals surface area contributed by atoms with E-state index in [0.29, 0.717) is 68.4 Å². The van der Waals surface area contributed by atoms with Crippen LogP contribution in [0.2, 0.25) is 0 Å². The number of amides is 2. The number of ketones is 2. The van der Waals surface area contributed by atoms with Crippen LogP contribution in [0.25, 0.3) is 0 Å². The number of esters is 1. The van der Waals surface area contributed by atoms with Crippen LogP contribution in [0, 0.1) is 29.6 Å². The number of nitrogens with one attached hydrogen (secondary N) is 1. The zero-order valence-corrected chi connectivity index (χ0v) is 41.9. The number of aliphatic hydroxyl groups is 2. The zero-order chi connectivity index (χ0) is 49.9. The highest BCUT2D eigenvalue weighted by Crippen LogP contribution is 2.39. The van der Waals surface area contributed by atoms with Crippen LogP contribution in [0.3, 0.4) is 0 Å². The van der Waals surface area contributed by atoms with Crippen molar-refractivity contribution in [2.45, 2.75) is 167 Å². The van der Waals surface area contributed by atoms with Gasteiger partial charge in [0.05, 0.1) is 37.6 Å². The molecule has 2 saturated heterocycles. The highest BCUT2D eigenvalue weighted by molar-refractivity contribution is 6.39. The number of methoxy groups -OCH3 is 4. The second kappa shape index (κ2) is 25.2. The zero-order valence-electron chi connectivity index (χ0n) is 41.9. The van der Waals surface area contributed by atoms with Crippen LogP contribution in [-0.2, 0) is 52.4 Å². The average Bonchev–Trinajstić information content (AvgIpc) is 3.33. The van der Waals surface area contributed by atoms with Crippen LogP contribution in [0.5, 0.6) is 5.75 Å². The number of piperidine rings is 1. The van der Waals surface area contributed by atoms with Gasteiger partial charge in [0.2, 0.25) is 11.7 Å². The molecular formula is C52H78N2O14. The number of carbonyl (C=O) groups is 5. The van der Waals surface area contributed by atoms with Crippen LogP contribution in [0.4, 0.5) is 5.69 Å². The summed E-state index contributed by atoms with van der Waals surface area (Å²) in [6.07, 6.45) is 3.61. The lowest BCUT2D eigenvalue weighted by Crippen LogP contribution is -2.64. The molecule has 1 aliphatic carbocycles. The van der Waals surface area contributed by atoms with E-state index < -0.39 is 77.8 Å². The second-order valence-electron chi connectivity index (χ2n) is 19.7. The Morgan fingerprint density at radius 1 is 0.897 bits per heavy atom. The second-order valence-corrected chi connectivity index (χ2v) is 19.7. The highest BCUT2D eigenvalue weighted by atomic mass is 16.7. The fourth-order valence-corrected chi connectivity index (χ4v) is 10.6. The number of rotatable bonds is 11. The minimum Gasteiger partial charge on any atom is -0.497 e. The summed E-state index contributed by atoms with van der Waals surface area (Å²) in [6, 6.07) is 5.83. The van der Waals surface area contributed by atoms with Crippen molar-refractivity contribution in [3.63, 3.8) is 0 Å². The van der Waals surface area contributed by atoms with E-state index in [9.17, 15) is 34.2 Å². The molecule has 1 aromatic carbocycles. The first-order chi connectivity index (χ1) is 32.4. The number of hydrogen-bond donors (Lipinski definition) is 3. The molecule has 14 atom stereocenters. The number of aliphatic hydroxyl groups excluding tert-OH is 1. The van der Waals surface area contributed by atoms with E-state index >= 15 is 0 Å². The smallest absolute Gasteiger partial charge is 0.329 e. The molecule has 5 rings (SSSR count). The van der Waals surface area contributed by atoms with Crippen molar-refractivity contribution in [1.82, 2.24) is 4.90 Å². The summed E-state index contributed by atoms with van der Waals surface area (Å²) in [4.78, 5) is 71.2. The van der Waals surface area contributed by atoms with E-state index in [2.05, 4.69) is 5.32 Å². The normalized spacial score (nSPS) is 36.1. The van der Waals surface area contributed by atoms with Gasteiger partial charge in [0, 0.05) is 57.7 Å². The molecule has 3 N–H and O–H groups in total. The van der Waals surface area contributed by atoms with Crippen molar-refractivity contribution in [2.24, 2.45) is 29.6 Å². The Balaban J connectivity index is 1.42. The lowest BCUT2D eigenvalue weighted by atomic mass is 9.81. The minimum atomic E-state index is -2.53. The Morgan fingerprint density at radius 3 is 2.22 bits per heavy atom. The lowest BCUT2D eigenvalue weighted by molar-refractivity contribution is -0.302. The van der Waals surface area contributed by atoms with Crippen LogP contribution in [0.1, 0.15) is 112 Å². The number of carbonyl (C=O) groups excluding carboxylic acids is 5. The van der Waals surface area contributed by atoms with Crippen molar-refractivity contribution in [1.29, 1.82) is 0 Å². The van der Waals surface area contributed by atoms with Crippen molar-refractivity contribution in [2.75, 3.05) is 46.9 Å². The molecule has 0 spiro atoms. The summed E-state index contributed by atoms with van der Waals surface area (Å²) < 4.78 is 41.6. The first-order valence-electron chi connectivity index (χ1n) is 24.5. The summed E-state index contributed by atoms with van der Waals surface area (Å²) in [6.45, 7) is 11.0. The molecule has 16 heteroatoms. The topological polar surface area (TPSA) is 206 Å². The third-order valence-electron chi connectivity index (χ3n) is 14.7. The van der Waals surface area contributed by atoms with Gasteiger partial charge >= 0.3 is 5.97 Å². The van der Waals surface area contributed by atoms with Gasteiger partial charge in [-0.05, 0) is 120 Å². The maximum absolute atomic E-state index is 14.5.